The monoisotopic (exact) mass is 174 g/mol. The molecule has 0 saturated carbocycles. The molecule has 1 aromatic heterocycles. The Morgan fingerprint density at radius 3 is 3.15 bits per heavy atom. The molecule has 3 nitrogen and oxygen atoms in total. The second kappa shape index (κ2) is 2.57. The van der Waals surface area contributed by atoms with Crippen molar-refractivity contribution >= 4 is 10.9 Å². The van der Waals surface area contributed by atoms with E-state index in [9.17, 15) is 0 Å². The average molecular weight is 174 g/mol. The molecule has 3 rings (SSSR count). The highest BCUT2D eigenvalue weighted by molar-refractivity contribution is 5.81. The molecular formula is C10H10N2O. The molecule has 1 unspecified atom stereocenters. The summed E-state index contributed by atoms with van der Waals surface area (Å²) in [7, 11) is 0. The van der Waals surface area contributed by atoms with Gasteiger partial charge < -0.3 is 4.74 Å². The van der Waals surface area contributed by atoms with Crippen LogP contribution in [0.4, 0.5) is 0 Å². The van der Waals surface area contributed by atoms with Gasteiger partial charge in [0.05, 0.1) is 18.2 Å². The molecule has 13 heavy (non-hydrogen) atoms. The maximum Gasteiger partial charge on any atom is 0.0923 e. The van der Waals surface area contributed by atoms with Gasteiger partial charge in [-0.25, -0.2) is 0 Å². The Hall–Kier alpha value is -1.35. The van der Waals surface area contributed by atoms with Crippen LogP contribution in [0.5, 0.6) is 0 Å². The highest BCUT2D eigenvalue weighted by Gasteiger charge is 2.24. The number of para-hydroxylation sites is 1. The lowest BCUT2D eigenvalue weighted by molar-refractivity contribution is 0.406. The van der Waals surface area contributed by atoms with E-state index in [1.807, 2.05) is 18.2 Å². The highest BCUT2D eigenvalue weighted by Crippen LogP contribution is 2.21. The summed E-state index contributed by atoms with van der Waals surface area (Å²) < 4.78 is 5.18. The van der Waals surface area contributed by atoms with E-state index in [-0.39, 0.29) is 0 Å². The minimum atomic E-state index is 0.420. The molecule has 1 fully saturated rings. The lowest BCUT2D eigenvalue weighted by atomic mass is 10.1. The Balaban J connectivity index is 2.06. The Bertz CT molecular complexity index is 431. The molecule has 1 aliphatic heterocycles. The first-order valence-electron chi connectivity index (χ1n) is 4.47. The molecule has 0 bridgehead atoms. The van der Waals surface area contributed by atoms with Gasteiger partial charge in [0, 0.05) is 17.5 Å². The Labute approximate surface area is 75.7 Å². The van der Waals surface area contributed by atoms with Gasteiger partial charge in [-0.05, 0) is 6.07 Å². The van der Waals surface area contributed by atoms with E-state index < -0.39 is 0 Å². The fourth-order valence-corrected chi connectivity index (χ4v) is 1.58. The van der Waals surface area contributed by atoms with E-state index in [0.29, 0.717) is 6.10 Å². The van der Waals surface area contributed by atoms with Crippen molar-refractivity contribution in [1.82, 2.24) is 10.2 Å². The van der Waals surface area contributed by atoms with Gasteiger partial charge in [0.1, 0.15) is 0 Å². The summed E-state index contributed by atoms with van der Waals surface area (Å²) in [4.78, 5) is 0. The van der Waals surface area contributed by atoms with Crippen molar-refractivity contribution in [1.29, 1.82) is 0 Å². The summed E-state index contributed by atoms with van der Waals surface area (Å²) in [6.45, 7) is 0.896. The SMILES string of the molecule is c1ccc2c(CC3CO3)[nH]nc2c1. The summed E-state index contributed by atoms with van der Waals surface area (Å²) in [6, 6.07) is 8.15. The first-order valence-corrected chi connectivity index (χ1v) is 4.47. The standard InChI is InChI=1S/C10H10N2O/c1-2-4-9-8(3-1)10(12-11-9)5-7-6-13-7/h1-4,7H,5-6H2,(H,11,12). The number of hydrogen-bond donors (Lipinski definition) is 1. The topological polar surface area (TPSA) is 41.2 Å². The molecule has 0 aliphatic carbocycles. The van der Waals surface area contributed by atoms with E-state index in [1.165, 1.54) is 11.1 Å². The number of benzene rings is 1. The molecule has 2 aromatic rings. The fourth-order valence-electron chi connectivity index (χ4n) is 1.58. The number of nitrogens with zero attached hydrogens (tertiary/aromatic N) is 1. The predicted molar refractivity (Wildman–Crippen MR) is 49.5 cm³/mol. The molecule has 1 saturated heterocycles. The summed E-state index contributed by atoms with van der Waals surface area (Å²) in [5.41, 5.74) is 2.23. The van der Waals surface area contributed by atoms with Gasteiger partial charge in [-0.15, -0.1) is 0 Å². The van der Waals surface area contributed by atoms with Gasteiger partial charge >= 0.3 is 0 Å². The van der Waals surface area contributed by atoms with Crippen molar-refractivity contribution in [3.63, 3.8) is 0 Å². The average Bonchev–Trinajstić information content (AvgIpc) is 2.88. The van der Waals surface area contributed by atoms with E-state index in [2.05, 4.69) is 16.3 Å². The van der Waals surface area contributed by atoms with Crippen LogP contribution in [0.25, 0.3) is 10.9 Å². The maximum absolute atomic E-state index is 5.18. The van der Waals surface area contributed by atoms with Crippen molar-refractivity contribution < 1.29 is 4.74 Å². The normalized spacial score (nSPS) is 20.8. The molecule has 1 aromatic carbocycles. The van der Waals surface area contributed by atoms with Gasteiger partial charge in [-0.3, -0.25) is 5.10 Å². The van der Waals surface area contributed by atoms with Crippen LogP contribution in [0.1, 0.15) is 5.69 Å². The first kappa shape index (κ1) is 7.09. The fraction of sp³-hybridized carbons (Fsp3) is 0.300. The van der Waals surface area contributed by atoms with E-state index in [1.54, 1.807) is 0 Å². The molecule has 3 heteroatoms. The van der Waals surface area contributed by atoms with Crippen molar-refractivity contribution in [2.45, 2.75) is 12.5 Å². The number of epoxide rings is 1. The van der Waals surface area contributed by atoms with Crippen LogP contribution in [0, 0.1) is 0 Å². The minimum Gasteiger partial charge on any atom is -0.373 e. The number of fused-ring (bicyclic) bond motifs is 1. The number of aromatic nitrogens is 2. The summed E-state index contributed by atoms with van der Waals surface area (Å²) in [5.74, 6) is 0. The molecule has 1 N–H and O–H groups in total. The number of nitrogens with one attached hydrogen (secondary N) is 1. The number of aromatic amines is 1. The number of ether oxygens (including phenoxy) is 1. The van der Waals surface area contributed by atoms with Crippen LogP contribution in [-0.2, 0) is 11.2 Å². The lowest BCUT2D eigenvalue weighted by Gasteiger charge is -1.92. The molecule has 0 amide bonds. The van der Waals surface area contributed by atoms with E-state index in [0.717, 1.165) is 18.5 Å². The zero-order chi connectivity index (χ0) is 8.67. The van der Waals surface area contributed by atoms with Gasteiger partial charge in [-0.2, -0.15) is 5.10 Å². The minimum absolute atomic E-state index is 0.420. The number of hydrogen-bond acceptors (Lipinski definition) is 2. The van der Waals surface area contributed by atoms with Crippen LogP contribution in [0.15, 0.2) is 24.3 Å². The third kappa shape index (κ3) is 1.21. The van der Waals surface area contributed by atoms with Crippen LogP contribution < -0.4 is 0 Å². The molecule has 66 valence electrons. The Morgan fingerprint density at radius 1 is 1.46 bits per heavy atom. The van der Waals surface area contributed by atoms with Gasteiger partial charge in [0.25, 0.3) is 0 Å². The third-order valence-electron chi connectivity index (χ3n) is 2.37. The second-order valence-corrected chi connectivity index (χ2v) is 3.38. The molecule has 0 radical (unpaired) electrons. The van der Waals surface area contributed by atoms with Crippen molar-refractivity contribution in [3.05, 3.63) is 30.0 Å². The Morgan fingerprint density at radius 2 is 2.31 bits per heavy atom. The molecule has 1 aliphatic rings. The van der Waals surface area contributed by atoms with Crippen LogP contribution in [0.3, 0.4) is 0 Å². The summed E-state index contributed by atoms with van der Waals surface area (Å²) in [5, 5.41) is 8.49. The predicted octanol–water partition coefficient (Wildman–Crippen LogP) is 1.50. The van der Waals surface area contributed by atoms with Crippen LogP contribution >= 0.6 is 0 Å². The molecular weight excluding hydrogens is 164 g/mol. The smallest absolute Gasteiger partial charge is 0.0923 e. The first-order chi connectivity index (χ1) is 6.43. The summed E-state index contributed by atoms with van der Waals surface area (Å²) >= 11 is 0. The zero-order valence-electron chi connectivity index (χ0n) is 7.16. The van der Waals surface area contributed by atoms with Gasteiger partial charge in [0.15, 0.2) is 0 Å². The molecule has 1 atom stereocenters. The molecule has 2 heterocycles. The number of H-pyrrole nitrogens is 1. The van der Waals surface area contributed by atoms with Crippen molar-refractivity contribution in [3.8, 4) is 0 Å². The second-order valence-electron chi connectivity index (χ2n) is 3.38. The van der Waals surface area contributed by atoms with E-state index >= 15 is 0 Å². The number of rotatable bonds is 2. The molecule has 0 spiro atoms. The lowest BCUT2D eigenvalue weighted by Crippen LogP contribution is -1.93. The quantitative estimate of drug-likeness (QED) is 0.701. The van der Waals surface area contributed by atoms with Crippen molar-refractivity contribution in [2.75, 3.05) is 6.61 Å². The maximum atomic E-state index is 5.18. The van der Waals surface area contributed by atoms with E-state index in [4.69, 9.17) is 4.74 Å². The van der Waals surface area contributed by atoms with Gasteiger partial charge in [0.2, 0.25) is 0 Å². The Kier molecular flexibility index (Phi) is 1.40. The largest absolute Gasteiger partial charge is 0.373 e. The van der Waals surface area contributed by atoms with Crippen LogP contribution in [-0.4, -0.2) is 22.9 Å². The highest BCUT2D eigenvalue weighted by atomic mass is 16.6. The third-order valence-corrected chi connectivity index (χ3v) is 2.37. The zero-order valence-corrected chi connectivity index (χ0v) is 7.16. The van der Waals surface area contributed by atoms with Crippen LogP contribution in [0.2, 0.25) is 0 Å². The van der Waals surface area contributed by atoms with Gasteiger partial charge in [-0.1, -0.05) is 18.2 Å². The van der Waals surface area contributed by atoms with Crippen molar-refractivity contribution in [2.24, 2.45) is 0 Å². The summed E-state index contributed by atoms with van der Waals surface area (Å²) in [6.07, 6.45) is 1.38.